The number of hydrogen-bond acceptors (Lipinski definition) is 8. The van der Waals surface area contributed by atoms with Gasteiger partial charge in [-0.05, 0) is 6.92 Å². The Morgan fingerprint density at radius 3 is 2.41 bits per heavy atom. The molecule has 0 bridgehead atoms. The topological polar surface area (TPSA) is 120 Å². The van der Waals surface area contributed by atoms with Crippen molar-refractivity contribution < 1.29 is 14.4 Å². The number of aromatic nitrogens is 3. The maximum atomic E-state index is 12.3. The monoisotopic (exact) mass is 409 g/mol. The predicted octanol–water partition coefficient (Wildman–Crippen LogP) is 1.18. The summed E-state index contributed by atoms with van der Waals surface area (Å²) >= 11 is 2.56. The minimum Gasteiger partial charge on any atom is -0.339 e. The number of amides is 4. The third-order valence-corrected chi connectivity index (χ3v) is 5.45. The molecule has 27 heavy (non-hydrogen) atoms. The molecule has 0 radical (unpaired) electrons. The first kappa shape index (κ1) is 19.2. The molecular weight excluding hydrogens is 390 g/mol. The van der Waals surface area contributed by atoms with E-state index in [1.54, 1.807) is 15.2 Å². The van der Waals surface area contributed by atoms with Crippen LogP contribution in [-0.2, 0) is 16.0 Å². The van der Waals surface area contributed by atoms with Gasteiger partial charge in [-0.15, -0.1) is 21.5 Å². The largest absolute Gasteiger partial charge is 0.339 e. The molecule has 2 aromatic heterocycles. The number of hydrogen-bond donors (Lipinski definition) is 2. The lowest BCUT2D eigenvalue weighted by Gasteiger charge is -2.33. The molecule has 0 spiro atoms. The van der Waals surface area contributed by atoms with Gasteiger partial charge in [0.15, 0.2) is 5.13 Å². The van der Waals surface area contributed by atoms with Crippen LogP contribution < -0.4 is 10.6 Å². The lowest BCUT2D eigenvalue weighted by Crippen LogP contribution is -2.51. The predicted molar refractivity (Wildman–Crippen MR) is 102 cm³/mol. The van der Waals surface area contributed by atoms with E-state index in [0.717, 1.165) is 5.01 Å². The smallest absolute Gasteiger partial charge is 0.323 e. The first-order valence-electron chi connectivity index (χ1n) is 8.26. The van der Waals surface area contributed by atoms with Gasteiger partial charge in [-0.2, -0.15) is 0 Å². The molecule has 2 aromatic rings. The summed E-state index contributed by atoms with van der Waals surface area (Å²) in [4.78, 5) is 43.3. The zero-order valence-electron chi connectivity index (χ0n) is 14.9. The van der Waals surface area contributed by atoms with Crippen LogP contribution >= 0.6 is 22.7 Å². The van der Waals surface area contributed by atoms with E-state index in [1.165, 1.54) is 29.6 Å². The molecule has 144 valence electrons. The molecule has 1 aliphatic heterocycles. The normalized spacial score (nSPS) is 14.1. The molecular formula is C15H19N7O3S2. The third-order valence-electron chi connectivity index (χ3n) is 3.89. The standard InChI is InChI=1S/C15H19N7O3S2/c1-9-19-20-14(27-9)17-12(24)7-11-8-26-13(16-11)18-15(25)22-5-3-21(4-6-22)10(2)23/h8H,3-7H2,1-2H3,(H,16,18,25)(H,17,20,24). The summed E-state index contributed by atoms with van der Waals surface area (Å²) in [7, 11) is 0. The van der Waals surface area contributed by atoms with Crippen LogP contribution in [0.5, 0.6) is 0 Å². The Morgan fingerprint density at radius 1 is 1.07 bits per heavy atom. The molecule has 0 aliphatic carbocycles. The van der Waals surface area contributed by atoms with Crippen LogP contribution in [0.4, 0.5) is 15.1 Å². The molecule has 1 fully saturated rings. The van der Waals surface area contributed by atoms with Gasteiger partial charge in [0.1, 0.15) is 5.01 Å². The van der Waals surface area contributed by atoms with E-state index >= 15 is 0 Å². The van der Waals surface area contributed by atoms with Crippen molar-refractivity contribution in [3.63, 3.8) is 0 Å². The van der Waals surface area contributed by atoms with Crippen LogP contribution in [0.15, 0.2) is 5.38 Å². The van der Waals surface area contributed by atoms with Gasteiger partial charge in [-0.1, -0.05) is 11.3 Å². The van der Waals surface area contributed by atoms with Crippen LogP contribution in [0.2, 0.25) is 0 Å². The lowest BCUT2D eigenvalue weighted by molar-refractivity contribution is -0.130. The molecule has 12 heteroatoms. The fourth-order valence-corrected chi connectivity index (χ4v) is 3.82. The molecule has 10 nitrogen and oxygen atoms in total. The maximum absolute atomic E-state index is 12.3. The SMILES string of the molecule is CC(=O)N1CCN(C(=O)Nc2nc(CC(=O)Nc3nnc(C)s3)cs2)CC1. The number of nitrogens with zero attached hydrogens (tertiary/aromatic N) is 5. The van der Waals surface area contributed by atoms with E-state index in [9.17, 15) is 14.4 Å². The van der Waals surface area contributed by atoms with Gasteiger partial charge in [0.2, 0.25) is 16.9 Å². The second-order valence-electron chi connectivity index (χ2n) is 5.92. The van der Waals surface area contributed by atoms with Crippen molar-refractivity contribution in [1.29, 1.82) is 0 Å². The van der Waals surface area contributed by atoms with Crippen molar-refractivity contribution in [3.8, 4) is 0 Å². The Balaban J connectivity index is 1.48. The Bertz CT molecular complexity index is 842. The van der Waals surface area contributed by atoms with E-state index in [2.05, 4.69) is 25.8 Å². The number of urea groups is 1. The zero-order chi connectivity index (χ0) is 19.4. The van der Waals surface area contributed by atoms with E-state index in [0.29, 0.717) is 42.1 Å². The number of carbonyl (C=O) groups is 3. The number of anilines is 2. The van der Waals surface area contributed by atoms with Gasteiger partial charge in [0.05, 0.1) is 12.1 Å². The average Bonchev–Trinajstić information content (AvgIpc) is 3.23. The molecule has 0 aromatic carbocycles. The van der Waals surface area contributed by atoms with Crippen molar-refractivity contribution in [2.75, 3.05) is 36.8 Å². The highest BCUT2D eigenvalue weighted by Crippen LogP contribution is 2.18. The highest BCUT2D eigenvalue weighted by atomic mass is 32.1. The first-order chi connectivity index (χ1) is 12.9. The third kappa shape index (κ3) is 5.20. The van der Waals surface area contributed by atoms with Crippen LogP contribution in [0.1, 0.15) is 17.6 Å². The Kier molecular flexibility index (Phi) is 5.96. The minimum atomic E-state index is -0.257. The summed E-state index contributed by atoms with van der Waals surface area (Å²) in [6.45, 7) is 5.34. The molecule has 0 unspecified atom stereocenters. The van der Waals surface area contributed by atoms with Crippen LogP contribution in [0.25, 0.3) is 0 Å². The number of nitrogens with one attached hydrogen (secondary N) is 2. The highest BCUT2D eigenvalue weighted by Gasteiger charge is 2.23. The minimum absolute atomic E-state index is 0.0154. The molecule has 4 amide bonds. The number of aryl methyl sites for hydroxylation is 1. The van der Waals surface area contributed by atoms with Crippen LogP contribution in [-0.4, -0.2) is 69.0 Å². The second kappa shape index (κ2) is 8.39. The van der Waals surface area contributed by atoms with Gasteiger partial charge in [-0.25, -0.2) is 9.78 Å². The number of carbonyl (C=O) groups excluding carboxylic acids is 3. The van der Waals surface area contributed by atoms with Crippen LogP contribution in [0.3, 0.4) is 0 Å². The van der Waals surface area contributed by atoms with Gasteiger partial charge >= 0.3 is 6.03 Å². The number of thiazole rings is 1. The average molecular weight is 409 g/mol. The summed E-state index contributed by atoms with van der Waals surface area (Å²) in [5.41, 5.74) is 0.565. The van der Waals surface area contributed by atoms with E-state index < -0.39 is 0 Å². The Morgan fingerprint density at radius 2 is 1.78 bits per heavy atom. The van der Waals surface area contributed by atoms with Crippen molar-refractivity contribution in [1.82, 2.24) is 25.0 Å². The fourth-order valence-electron chi connectivity index (χ4n) is 2.52. The molecule has 3 rings (SSSR count). The number of rotatable bonds is 4. The van der Waals surface area contributed by atoms with Crippen LogP contribution in [0, 0.1) is 6.92 Å². The van der Waals surface area contributed by atoms with Gasteiger partial charge in [0.25, 0.3) is 0 Å². The lowest BCUT2D eigenvalue weighted by atomic mass is 10.3. The maximum Gasteiger partial charge on any atom is 0.323 e. The quantitative estimate of drug-likeness (QED) is 0.782. The molecule has 0 saturated carbocycles. The van der Waals surface area contributed by atoms with E-state index in [-0.39, 0.29) is 24.3 Å². The summed E-state index contributed by atoms with van der Waals surface area (Å²) < 4.78 is 0. The van der Waals surface area contributed by atoms with Gasteiger partial charge in [0, 0.05) is 38.5 Å². The fraction of sp³-hybridized carbons (Fsp3) is 0.467. The van der Waals surface area contributed by atoms with Crippen molar-refractivity contribution >= 4 is 50.8 Å². The highest BCUT2D eigenvalue weighted by molar-refractivity contribution is 7.15. The summed E-state index contributed by atoms with van der Waals surface area (Å²) in [6, 6.07) is -0.257. The number of piperazine rings is 1. The van der Waals surface area contributed by atoms with E-state index in [4.69, 9.17) is 0 Å². The van der Waals surface area contributed by atoms with Crippen molar-refractivity contribution in [2.45, 2.75) is 20.3 Å². The summed E-state index contributed by atoms with van der Waals surface area (Å²) in [5, 5.41) is 16.5. The first-order valence-corrected chi connectivity index (χ1v) is 9.96. The van der Waals surface area contributed by atoms with Crippen molar-refractivity contribution in [2.24, 2.45) is 0 Å². The van der Waals surface area contributed by atoms with Crippen molar-refractivity contribution in [3.05, 3.63) is 16.1 Å². The molecule has 1 saturated heterocycles. The second-order valence-corrected chi connectivity index (χ2v) is 7.96. The van der Waals surface area contributed by atoms with E-state index in [1.807, 2.05) is 6.92 Å². The molecule has 0 atom stereocenters. The zero-order valence-corrected chi connectivity index (χ0v) is 16.5. The Hall–Kier alpha value is -2.60. The van der Waals surface area contributed by atoms with Gasteiger partial charge < -0.3 is 15.1 Å². The summed E-state index contributed by atoms with van der Waals surface area (Å²) in [6.07, 6.45) is 0.0856. The summed E-state index contributed by atoms with van der Waals surface area (Å²) in [5.74, 6) is -0.226. The molecule has 1 aliphatic rings. The van der Waals surface area contributed by atoms with Gasteiger partial charge in [-0.3, -0.25) is 14.9 Å². The molecule has 3 heterocycles. The molecule has 2 N–H and O–H groups in total. The Labute approximate surface area is 163 Å².